The van der Waals surface area contributed by atoms with Crippen LogP contribution in [0.5, 0.6) is 5.75 Å². The van der Waals surface area contributed by atoms with Gasteiger partial charge >= 0.3 is 49.7 Å². The van der Waals surface area contributed by atoms with E-state index in [0.717, 1.165) is 22.3 Å². The molecule has 4 rings (SSSR count). The van der Waals surface area contributed by atoms with Gasteiger partial charge in [0.2, 0.25) is 5.91 Å². The molecule has 3 aromatic carbocycles. The van der Waals surface area contributed by atoms with Crippen LogP contribution in [-0.4, -0.2) is 114 Å². The molecule has 0 unspecified atom stereocenters. The van der Waals surface area contributed by atoms with Gasteiger partial charge in [-0.05, 0) is 75.1 Å². The molecule has 4 amide bonds. The van der Waals surface area contributed by atoms with Crippen molar-refractivity contribution in [1.82, 2.24) is 20.9 Å². The number of hydrogen-bond acceptors (Lipinski definition) is 10. The molecule has 1 heterocycles. The summed E-state index contributed by atoms with van der Waals surface area (Å²) in [5.74, 6) is -1.29. The molecule has 4 atom stereocenters. The van der Waals surface area contributed by atoms with Crippen molar-refractivity contribution >= 4 is 92.0 Å². The Kier molecular flexibility index (Phi) is 20.3. The molecular formula is C43H56CaIN4O10P. The summed E-state index contributed by atoms with van der Waals surface area (Å²) in [6.07, 6.45) is -0.142. The smallest absolute Gasteiger partial charge is 0.790 e. The third-order valence-corrected chi connectivity index (χ3v) is 12.1. The minimum absolute atomic E-state index is 0. The number of amides is 4. The predicted octanol–water partition coefficient (Wildman–Crippen LogP) is 4.52. The zero-order valence-electron chi connectivity index (χ0n) is 35.2. The first-order valence-corrected chi connectivity index (χ1v) is 22.3. The fourth-order valence-corrected chi connectivity index (χ4v) is 8.49. The normalized spacial score (nSPS) is 15.7. The monoisotopic (exact) mass is 986 g/mol. The Bertz CT molecular complexity index is 1920. The van der Waals surface area contributed by atoms with Gasteiger partial charge in [-0.2, -0.15) is 0 Å². The number of ether oxygens (including phenoxy) is 2. The number of phosphoric acid groups is 1. The third kappa shape index (κ3) is 15.9. The van der Waals surface area contributed by atoms with E-state index < -0.39 is 53.5 Å². The van der Waals surface area contributed by atoms with Crippen molar-refractivity contribution in [2.75, 3.05) is 26.3 Å². The Morgan fingerprint density at radius 3 is 2.12 bits per heavy atom. The number of nitrogens with zero attached hydrogens (tertiary/aromatic N) is 1. The number of phosphoric ester groups is 1. The van der Waals surface area contributed by atoms with Crippen molar-refractivity contribution in [3.8, 4) is 5.75 Å². The number of benzene rings is 3. The Hall–Kier alpha value is -2.76. The Labute approximate surface area is 397 Å². The van der Waals surface area contributed by atoms with E-state index in [1.54, 1.807) is 18.7 Å². The third-order valence-electron chi connectivity index (χ3n) is 10.2. The second kappa shape index (κ2) is 23.6. The molecule has 0 aromatic heterocycles. The number of aryl methyl sites for hydroxylation is 2. The molecule has 1 aliphatic rings. The van der Waals surface area contributed by atoms with Crippen LogP contribution in [0, 0.1) is 25.2 Å². The van der Waals surface area contributed by atoms with Crippen molar-refractivity contribution in [3.63, 3.8) is 0 Å². The quantitative estimate of drug-likeness (QED) is 0.0341. The van der Waals surface area contributed by atoms with Gasteiger partial charge in [0.05, 0.1) is 19.8 Å². The van der Waals surface area contributed by atoms with Crippen LogP contribution in [0.2, 0.25) is 0 Å². The summed E-state index contributed by atoms with van der Waals surface area (Å²) in [5, 5.41) is 9.15. The molecule has 1 aliphatic heterocycles. The number of halogens is 1. The van der Waals surface area contributed by atoms with E-state index in [2.05, 4.69) is 43.1 Å². The van der Waals surface area contributed by atoms with Crippen LogP contribution in [-0.2, 0) is 41.1 Å². The van der Waals surface area contributed by atoms with Gasteiger partial charge in [-0.15, -0.1) is 0 Å². The number of hydrogen-bond donors (Lipinski definition) is 3. The summed E-state index contributed by atoms with van der Waals surface area (Å²) >= 11 is 2.10. The van der Waals surface area contributed by atoms with Crippen LogP contribution < -0.4 is 30.5 Å². The van der Waals surface area contributed by atoms with E-state index in [4.69, 9.17) is 9.47 Å². The second-order valence-electron chi connectivity index (χ2n) is 16.0. The zero-order chi connectivity index (χ0) is 43.4. The molecule has 17 heteroatoms. The summed E-state index contributed by atoms with van der Waals surface area (Å²) in [6.45, 7) is 10.6. The van der Waals surface area contributed by atoms with E-state index in [-0.39, 0.29) is 81.5 Å². The van der Waals surface area contributed by atoms with Gasteiger partial charge in [0.15, 0.2) is 6.61 Å². The summed E-state index contributed by atoms with van der Waals surface area (Å²) in [6, 6.07) is 22.7. The number of nitrogens with one attached hydrogen (secondary N) is 3. The van der Waals surface area contributed by atoms with Crippen molar-refractivity contribution in [2.45, 2.75) is 95.4 Å². The molecule has 0 saturated carbocycles. The number of esters is 1. The Balaban J connectivity index is 0.00000961. The maximum atomic E-state index is 14.4. The molecule has 0 aliphatic carbocycles. The van der Waals surface area contributed by atoms with Crippen molar-refractivity contribution < 1.29 is 47.5 Å². The molecule has 1 saturated heterocycles. The number of para-hydroxylation sites is 1. The number of carbonyl (C=O) groups is 4. The van der Waals surface area contributed by atoms with Crippen LogP contribution in [0.25, 0.3) is 0 Å². The van der Waals surface area contributed by atoms with E-state index in [1.165, 1.54) is 0 Å². The Morgan fingerprint density at radius 2 is 1.55 bits per heavy atom. The van der Waals surface area contributed by atoms with E-state index in [0.29, 0.717) is 31.7 Å². The molecule has 0 bridgehead atoms. The molecule has 0 spiro atoms. The largest absolute Gasteiger partial charge is 2.00 e. The predicted molar refractivity (Wildman–Crippen MR) is 234 cm³/mol. The molecule has 3 aromatic rings. The van der Waals surface area contributed by atoms with Gasteiger partial charge in [-0.3, -0.25) is 14.4 Å². The number of alkyl halides is 1. The minimum Gasteiger partial charge on any atom is -0.790 e. The van der Waals surface area contributed by atoms with Gasteiger partial charge in [0.25, 0.3) is 5.91 Å². The summed E-state index contributed by atoms with van der Waals surface area (Å²) in [7, 11) is -5.30. The van der Waals surface area contributed by atoms with Gasteiger partial charge in [-0.1, -0.05) is 115 Å². The average Bonchev–Trinajstić information content (AvgIpc) is 3.15. The van der Waals surface area contributed by atoms with E-state index in [1.807, 2.05) is 107 Å². The van der Waals surface area contributed by atoms with Crippen LogP contribution in [0.3, 0.4) is 0 Å². The van der Waals surface area contributed by atoms with Crippen molar-refractivity contribution in [1.29, 1.82) is 0 Å². The van der Waals surface area contributed by atoms with Crippen LogP contribution in [0.4, 0.5) is 4.79 Å². The average molecular weight is 987 g/mol. The number of rotatable bonds is 21. The first-order valence-electron chi connectivity index (χ1n) is 19.8. The van der Waals surface area contributed by atoms with Gasteiger partial charge in [-0.25, -0.2) is 4.79 Å². The second-order valence-corrected chi connectivity index (χ2v) is 19.1. The minimum atomic E-state index is -5.30. The topological polar surface area (TPSA) is 198 Å². The molecule has 322 valence electrons. The zero-order valence-corrected chi connectivity index (χ0v) is 40.5. The van der Waals surface area contributed by atoms with Gasteiger partial charge in [0.1, 0.15) is 21.4 Å². The Morgan fingerprint density at radius 1 is 0.950 bits per heavy atom. The first-order chi connectivity index (χ1) is 27.8. The summed E-state index contributed by atoms with van der Waals surface area (Å²) in [4.78, 5) is 79.6. The maximum absolute atomic E-state index is 14.4. The maximum Gasteiger partial charge on any atom is 2.00 e. The van der Waals surface area contributed by atoms with Gasteiger partial charge in [0, 0.05) is 32.0 Å². The number of carbonyl (C=O) groups excluding carboxylic acids is 4. The molecule has 60 heavy (non-hydrogen) atoms. The molecule has 0 radical (unpaired) electrons. The summed E-state index contributed by atoms with van der Waals surface area (Å²) in [5.41, 5.74) is 2.05. The fourth-order valence-electron chi connectivity index (χ4n) is 7.05. The molecular weight excluding hydrogens is 930 g/mol. The van der Waals surface area contributed by atoms with Crippen LogP contribution in [0.15, 0.2) is 78.9 Å². The van der Waals surface area contributed by atoms with Gasteiger partial charge < -0.3 is 49.2 Å². The van der Waals surface area contributed by atoms with E-state index >= 15 is 0 Å². The van der Waals surface area contributed by atoms with Crippen molar-refractivity contribution in [3.05, 3.63) is 101 Å². The van der Waals surface area contributed by atoms with E-state index in [9.17, 15) is 33.5 Å². The van der Waals surface area contributed by atoms with Crippen LogP contribution in [0.1, 0.15) is 69.2 Å². The van der Waals surface area contributed by atoms with Crippen LogP contribution >= 0.6 is 30.4 Å². The SMILES string of the molecule is Cc1cccc(C)c1OCC(=O)N[C@](I)(Cc1ccccc1)[C@H](C[C@H](Cc1ccccc1)NC(=O)[C@H](C(C)C)N1CCCNC1=O)OC(=O)C(C)(C)CCOP(=O)([O-])[O-].[Ca+2]. The first kappa shape index (κ1) is 51.6. The molecule has 1 fully saturated rings. The fraction of sp³-hybridized carbons (Fsp3) is 0.488. The molecule has 3 N–H and O–H groups in total. The number of urea groups is 1. The van der Waals surface area contributed by atoms with Crippen molar-refractivity contribution in [2.24, 2.45) is 11.3 Å². The summed E-state index contributed by atoms with van der Waals surface area (Å²) < 4.78 is 26.8. The standard InChI is InChI=1S/C43H58IN4O10P.Ca/c1-29(2)37(48-23-14-22-45-41(48)52)39(50)46-34(25-32-17-9-7-10-18-32)26-35(58-40(51)42(5,6)21-24-57-59(53,54)55)43(44,27-33-19-11-8-12-20-33)47-36(49)28-56-38-30(3)15-13-16-31(38)4;/h7-13,15-20,29,34-35,37H,14,21-28H2,1-6H3,(H,45,52)(H,46,50)(H,47,49)(H2,53,54,55);/q;+2/p-2/t34-,35-,37-,43+;/m0./s1. The molecule has 14 nitrogen and oxygen atoms in total.